The third-order valence-electron chi connectivity index (χ3n) is 5.73. The Morgan fingerprint density at radius 1 is 1.22 bits per heavy atom. The van der Waals surface area contributed by atoms with Crippen LogP contribution in [-0.4, -0.2) is 51.2 Å². The van der Waals surface area contributed by atoms with Crippen molar-refractivity contribution < 1.29 is 9.59 Å². The van der Waals surface area contributed by atoms with Crippen LogP contribution in [-0.2, 0) is 10.2 Å². The first kappa shape index (κ1) is 16.0. The number of benzene rings is 1. The van der Waals surface area contributed by atoms with Crippen LogP contribution in [0.25, 0.3) is 5.78 Å². The SMILES string of the molecule is CN1C(=O)[C@]2(CCCN(C(=O)c3cn4cccnc4n3)C2)c2ccccc21. The molecule has 2 aromatic heterocycles. The average molecular weight is 361 g/mol. The minimum Gasteiger partial charge on any atom is -0.336 e. The van der Waals surface area contributed by atoms with Gasteiger partial charge in [0.1, 0.15) is 5.69 Å². The number of piperidine rings is 1. The van der Waals surface area contributed by atoms with Crippen molar-refractivity contribution in [1.82, 2.24) is 19.3 Å². The zero-order valence-corrected chi connectivity index (χ0v) is 15.0. The molecule has 0 aliphatic carbocycles. The van der Waals surface area contributed by atoms with Crippen molar-refractivity contribution in [2.75, 3.05) is 25.0 Å². The number of hydrogen-bond acceptors (Lipinski definition) is 4. The number of hydrogen-bond donors (Lipinski definition) is 0. The van der Waals surface area contributed by atoms with E-state index in [4.69, 9.17) is 0 Å². The highest BCUT2D eigenvalue weighted by Gasteiger charge is 2.52. The van der Waals surface area contributed by atoms with Gasteiger partial charge in [-0.25, -0.2) is 9.97 Å². The summed E-state index contributed by atoms with van der Waals surface area (Å²) in [7, 11) is 1.81. The highest BCUT2D eigenvalue weighted by molar-refractivity contribution is 6.08. The van der Waals surface area contributed by atoms with Gasteiger partial charge in [-0.1, -0.05) is 18.2 Å². The molecule has 7 nitrogen and oxygen atoms in total. The van der Waals surface area contributed by atoms with Crippen molar-refractivity contribution in [3.8, 4) is 0 Å². The molecule has 0 saturated carbocycles. The molecular formula is C20H19N5O2. The number of fused-ring (bicyclic) bond motifs is 3. The summed E-state index contributed by atoms with van der Waals surface area (Å²) in [5.41, 5.74) is 1.66. The number of amides is 2. The Hall–Kier alpha value is -3.22. The summed E-state index contributed by atoms with van der Waals surface area (Å²) in [4.78, 5) is 38.3. The molecule has 1 aromatic carbocycles. The number of carbonyl (C=O) groups is 2. The second-order valence-corrected chi connectivity index (χ2v) is 7.25. The van der Waals surface area contributed by atoms with E-state index in [0.29, 0.717) is 24.6 Å². The molecule has 2 aliphatic heterocycles. The third-order valence-corrected chi connectivity index (χ3v) is 5.73. The van der Waals surface area contributed by atoms with Crippen LogP contribution in [0, 0.1) is 0 Å². The summed E-state index contributed by atoms with van der Waals surface area (Å²) >= 11 is 0. The van der Waals surface area contributed by atoms with Crippen molar-refractivity contribution in [2.24, 2.45) is 0 Å². The molecule has 0 unspecified atom stereocenters. The molecule has 0 bridgehead atoms. The second kappa shape index (κ2) is 5.64. The van der Waals surface area contributed by atoms with Gasteiger partial charge in [-0.3, -0.25) is 14.0 Å². The second-order valence-electron chi connectivity index (χ2n) is 7.25. The van der Waals surface area contributed by atoms with Gasteiger partial charge in [-0.15, -0.1) is 0 Å². The van der Waals surface area contributed by atoms with Crippen LogP contribution in [0.4, 0.5) is 5.69 Å². The van der Waals surface area contributed by atoms with E-state index in [0.717, 1.165) is 24.1 Å². The summed E-state index contributed by atoms with van der Waals surface area (Å²) in [6.07, 6.45) is 6.70. The molecule has 5 rings (SSSR count). The molecule has 1 saturated heterocycles. The molecule has 2 aliphatic rings. The fourth-order valence-electron chi connectivity index (χ4n) is 4.43. The van der Waals surface area contributed by atoms with E-state index in [1.165, 1.54) is 0 Å². The number of nitrogens with zero attached hydrogens (tertiary/aromatic N) is 5. The Labute approximate surface area is 156 Å². The minimum absolute atomic E-state index is 0.0675. The standard InChI is InChI=1S/C20H19N5O2/c1-23-16-7-3-2-6-14(16)20(18(23)27)8-4-10-25(13-20)17(26)15-12-24-11-5-9-21-19(24)22-15/h2-3,5-7,9,11-12H,4,8,10,13H2,1H3/t20-/m0/s1. The predicted molar refractivity (Wildman–Crippen MR) is 99.7 cm³/mol. The highest BCUT2D eigenvalue weighted by Crippen LogP contribution is 2.46. The lowest BCUT2D eigenvalue weighted by Crippen LogP contribution is -2.53. The number of carbonyl (C=O) groups excluding carboxylic acids is 2. The van der Waals surface area contributed by atoms with Crippen LogP contribution >= 0.6 is 0 Å². The number of imidazole rings is 1. The molecule has 0 N–H and O–H groups in total. The van der Waals surface area contributed by atoms with E-state index >= 15 is 0 Å². The molecule has 1 fully saturated rings. The van der Waals surface area contributed by atoms with Gasteiger partial charge in [0, 0.05) is 44.4 Å². The summed E-state index contributed by atoms with van der Waals surface area (Å²) in [5.74, 6) is 0.409. The van der Waals surface area contributed by atoms with E-state index in [2.05, 4.69) is 9.97 Å². The van der Waals surface area contributed by atoms with Crippen molar-refractivity contribution in [3.63, 3.8) is 0 Å². The Kier molecular flexibility index (Phi) is 3.34. The molecule has 4 heterocycles. The molecule has 2 amide bonds. The highest BCUT2D eigenvalue weighted by atomic mass is 16.2. The molecule has 136 valence electrons. The molecule has 0 radical (unpaired) electrons. The van der Waals surface area contributed by atoms with Gasteiger partial charge in [-0.2, -0.15) is 0 Å². The Balaban J connectivity index is 1.51. The van der Waals surface area contributed by atoms with Crippen molar-refractivity contribution >= 4 is 23.3 Å². The predicted octanol–water partition coefficient (Wildman–Crippen LogP) is 1.88. The van der Waals surface area contributed by atoms with Crippen LogP contribution in [0.5, 0.6) is 0 Å². The van der Waals surface area contributed by atoms with E-state index in [1.807, 2.05) is 37.5 Å². The fraction of sp³-hybridized carbons (Fsp3) is 0.300. The van der Waals surface area contributed by atoms with Gasteiger partial charge in [0.25, 0.3) is 5.91 Å². The summed E-state index contributed by atoms with van der Waals surface area (Å²) in [5, 5.41) is 0. The normalized spacial score (nSPS) is 21.9. The Bertz CT molecular complexity index is 1040. The zero-order chi connectivity index (χ0) is 18.6. The first-order valence-corrected chi connectivity index (χ1v) is 9.07. The van der Waals surface area contributed by atoms with E-state index in [9.17, 15) is 9.59 Å². The lowest BCUT2D eigenvalue weighted by molar-refractivity contribution is -0.124. The van der Waals surface area contributed by atoms with Crippen molar-refractivity contribution in [3.05, 3.63) is 60.2 Å². The maximum Gasteiger partial charge on any atom is 0.274 e. The smallest absolute Gasteiger partial charge is 0.274 e. The van der Waals surface area contributed by atoms with E-state index in [-0.39, 0.29) is 11.8 Å². The monoisotopic (exact) mass is 361 g/mol. The van der Waals surface area contributed by atoms with Gasteiger partial charge in [0.2, 0.25) is 11.7 Å². The zero-order valence-electron chi connectivity index (χ0n) is 15.0. The van der Waals surface area contributed by atoms with Gasteiger partial charge in [0.05, 0.1) is 5.41 Å². The summed E-state index contributed by atoms with van der Waals surface area (Å²) < 4.78 is 1.73. The number of anilines is 1. The number of aromatic nitrogens is 3. The number of rotatable bonds is 1. The largest absolute Gasteiger partial charge is 0.336 e. The van der Waals surface area contributed by atoms with E-state index in [1.54, 1.807) is 32.7 Å². The lowest BCUT2D eigenvalue weighted by atomic mass is 9.75. The summed E-state index contributed by atoms with van der Waals surface area (Å²) in [6, 6.07) is 9.68. The Morgan fingerprint density at radius 3 is 2.93 bits per heavy atom. The quantitative estimate of drug-likeness (QED) is 0.664. The van der Waals surface area contributed by atoms with Gasteiger partial charge < -0.3 is 9.80 Å². The van der Waals surface area contributed by atoms with Crippen LogP contribution in [0.1, 0.15) is 28.9 Å². The maximum absolute atomic E-state index is 13.1. The summed E-state index contributed by atoms with van der Waals surface area (Å²) in [6.45, 7) is 1.01. The van der Waals surface area contributed by atoms with Crippen LogP contribution in [0.3, 0.4) is 0 Å². The molecule has 1 atom stereocenters. The van der Waals surface area contributed by atoms with E-state index < -0.39 is 5.41 Å². The molecule has 3 aromatic rings. The molecule has 7 heteroatoms. The number of likely N-dealkylation sites (tertiary alicyclic amines) is 1. The number of para-hydroxylation sites is 1. The number of likely N-dealkylation sites (N-methyl/N-ethyl adjacent to an activating group) is 1. The van der Waals surface area contributed by atoms with Crippen LogP contribution in [0.15, 0.2) is 48.9 Å². The first-order chi connectivity index (χ1) is 13.1. The first-order valence-electron chi connectivity index (χ1n) is 9.07. The van der Waals surface area contributed by atoms with Gasteiger partial charge in [-0.05, 0) is 30.5 Å². The van der Waals surface area contributed by atoms with Gasteiger partial charge in [0.15, 0.2) is 0 Å². The topological polar surface area (TPSA) is 70.8 Å². The third kappa shape index (κ3) is 2.21. The minimum atomic E-state index is -0.656. The van der Waals surface area contributed by atoms with Gasteiger partial charge >= 0.3 is 0 Å². The van der Waals surface area contributed by atoms with Crippen LogP contribution in [0.2, 0.25) is 0 Å². The van der Waals surface area contributed by atoms with Crippen molar-refractivity contribution in [2.45, 2.75) is 18.3 Å². The fourth-order valence-corrected chi connectivity index (χ4v) is 4.43. The Morgan fingerprint density at radius 2 is 2.07 bits per heavy atom. The average Bonchev–Trinajstić information content (AvgIpc) is 3.23. The molecular weight excluding hydrogens is 342 g/mol. The van der Waals surface area contributed by atoms with Crippen molar-refractivity contribution in [1.29, 1.82) is 0 Å². The van der Waals surface area contributed by atoms with Crippen LogP contribution < -0.4 is 4.90 Å². The molecule has 1 spiro atoms. The lowest BCUT2D eigenvalue weighted by Gasteiger charge is -2.39. The maximum atomic E-state index is 13.1. The molecule has 27 heavy (non-hydrogen) atoms.